The number of unbranched alkanes of at least 4 members (excludes halogenated alkanes) is 4. The van der Waals surface area contributed by atoms with Crippen molar-refractivity contribution < 1.29 is 9.59 Å². The third-order valence-electron chi connectivity index (χ3n) is 3.06. The summed E-state index contributed by atoms with van der Waals surface area (Å²) in [5.74, 6) is -0.480. The Bertz CT molecular complexity index is 455. The second-order valence-corrected chi connectivity index (χ2v) is 4.95. The minimum Gasteiger partial charge on any atom is -0.273 e. The van der Waals surface area contributed by atoms with Gasteiger partial charge in [0.2, 0.25) is 5.91 Å². The number of hydrazine groups is 1. The molecule has 1 rings (SSSR count). The zero-order valence-corrected chi connectivity index (χ0v) is 12.6. The smallest absolute Gasteiger partial charge is 0.262 e. The van der Waals surface area contributed by atoms with E-state index in [0.717, 1.165) is 24.8 Å². The van der Waals surface area contributed by atoms with Crippen LogP contribution in [0.2, 0.25) is 0 Å². The van der Waals surface area contributed by atoms with Crippen LogP contribution in [0.3, 0.4) is 0 Å². The van der Waals surface area contributed by atoms with Crippen LogP contribution in [0.15, 0.2) is 36.4 Å². The molecule has 1 aromatic carbocycles. The van der Waals surface area contributed by atoms with Crippen LogP contribution in [-0.2, 0) is 9.59 Å². The van der Waals surface area contributed by atoms with E-state index >= 15 is 0 Å². The number of rotatable bonds is 8. The Morgan fingerprint density at radius 2 is 1.71 bits per heavy atom. The van der Waals surface area contributed by atoms with E-state index in [2.05, 4.69) is 17.8 Å². The number of benzene rings is 1. The molecule has 0 aliphatic heterocycles. The number of amides is 2. The lowest BCUT2D eigenvalue weighted by Crippen LogP contribution is -2.40. The van der Waals surface area contributed by atoms with Gasteiger partial charge in [0.1, 0.15) is 0 Å². The van der Waals surface area contributed by atoms with Crippen LogP contribution in [0, 0.1) is 0 Å². The van der Waals surface area contributed by atoms with Crippen LogP contribution in [0.5, 0.6) is 0 Å². The van der Waals surface area contributed by atoms with Crippen molar-refractivity contribution >= 4 is 17.9 Å². The number of hydrogen-bond acceptors (Lipinski definition) is 2. The lowest BCUT2D eigenvalue weighted by Gasteiger charge is -2.05. The third-order valence-corrected chi connectivity index (χ3v) is 3.06. The molecule has 114 valence electrons. The Morgan fingerprint density at radius 3 is 2.43 bits per heavy atom. The summed E-state index contributed by atoms with van der Waals surface area (Å²) in [5.41, 5.74) is 5.74. The van der Waals surface area contributed by atoms with Gasteiger partial charge in [0, 0.05) is 12.5 Å². The van der Waals surface area contributed by atoms with Gasteiger partial charge < -0.3 is 0 Å². The van der Waals surface area contributed by atoms with Crippen LogP contribution >= 0.6 is 0 Å². The molecule has 0 heterocycles. The summed E-state index contributed by atoms with van der Waals surface area (Å²) >= 11 is 0. The summed E-state index contributed by atoms with van der Waals surface area (Å²) in [6, 6.07) is 9.52. The molecule has 0 atom stereocenters. The first kappa shape index (κ1) is 17.0. The van der Waals surface area contributed by atoms with E-state index < -0.39 is 0 Å². The Labute approximate surface area is 126 Å². The maximum absolute atomic E-state index is 11.5. The second kappa shape index (κ2) is 10.7. The lowest BCUT2D eigenvalue weighted by atomic mass is 10.1. The summed E-state index contributed by atoms with van der Waals surface area (Å²) in [6.45, 7) is 2.16. The van der Waals surface area contributed by atoms with Crippen molar-refractivity contribution in [2.45, 2.75) is 45.4 Å². The predicted octanol–water partition coefficient (Wildman–Crippen LogP) is 3.21. The van der Waals surface area contributed by atoms with E-state index in [-0.39, 0.29) is 11.8 Å². The molecule has 4 heteroatoms. The van der Waals surface area contributed by atoms with Crippen molar-refractivity contribution in [1.29, 1.82) is 0 Å². The third kappa shape index (κ3) is 8.63. The average molecular weight is 288 g/mol. The summed E-state index contributed by atoms with van der Waals surface area (Å²) < 4.78 is 0. The highest BCUT2D eigenvalue weighted by molar-refractivity contribution is 5.93. The van der Waals surface area contributed by atoms with E-state index in [1.54, 1.807) is 6.08 Å². The van der Waals surface area contributed by atoms with Crippen molar-refractivity contribution in [2.24, 2.45) is 0 Å². The van der Waals surface area contributed by atoms with E-state index in [4.69, 9.17) is 0 Å². The fraction of sp³-hybridized carbons (Fsp3) is 0.412. The monoisotopic (exact) mass is 288 g/mol. The molecule has 0 radical (unpaired) electrons. The second-order valence-electron chi connectivity index (χ2n) is 4.95. The Morgan fingerprint density at radius 1 is 1.00 bits per heavy atom. The maximum Gasteiger partial charge on any atom is 0.262 e. The molecule has 0 bridgehead atoms. The first-order valence-corrected chi connectivity index (χ1v) is 7.54. The summed E-state index contributed by atoms with van der Waals surface area (Å²) in [6.07, 6.45) is 9.04. The van der Waals surface area contributed by atoms with Crippen molar-refractivity contribution in [3.8, 4) is 0 Å². The Kier molecular flexibility index (Phi) is 8.61. The van der Waals surface area contributed by atoms with Gasteiger partial charge in [-0.2, -0.15) is 0 Å². The average Bonchev–Trinajstić information content (AvgIpc) is 2.51. The van der Waals surface area contributed by atoms with Gasteiger partial charge in [-0.15, -0.1) is 0 Å². The highest BCUT2D eigenvalue weighted by Gasteiger charge is 2.01. The molecule has 0 aliphatic rings. The molecule has 0 unspecified atom stereocenters. The maximum atomic E-state index is 11.5. The van der Waals surface area contributed by atoms with Crippen LogP contribution in [0.4, 0.5) is 0 Å². The van der Waals surface area contributed by atoms with Crippen molar-refractivity contribution in [2.75, 3.05) is 0 Å². The zero-order chi connectivity index (χ0) is 15.3. The molecule has 0 fully saturated rings. The van der Waals surface area contributed by atoms with E-state index in [1.165, 1.54) is 18.9 Å². The molecular formula is C17H24N2O2. The number of nitrogens with one attached hydrogen (secondary N) is 2. The fourth-order valence-electron chi connectivity index (χ4n) is 1.86. The Balaban J connectivity index is 2.15. The van der Waals surface area contributed by atoms with Crippen LogP contribution < -0.4 is 10.9 Å². The zero-order valence-electron chi connectivity index (χ0n) is 12.6. The molecule has 0 spiro atoms. The van der Waals surface area contributed by atoms with Crippen LogP contribution in [0.1, 0.15) is 51.0 Å². The van der Waals surface area contributed by atoms with Crippen molar-refractivity contribution in [3.05, 3.63) is 42.0 Å². The van der Waals surface area contributed by atoms with E-state index in [0.29, 0.717) is 6.42 Å². The van der Waals surface area contributed by atoms with Gasteiger partial charge in [0.25, 0.3) is 5.91 Å². The van der Waals surface area contributed by atoms with E-state index in [1.807, 2.05) is 30.3 Å². The largest absolute Gasteiger partial charge is 0.273 e. The quantitative estimate of drug-likeness (QED) is 0.438. The SMILES string of the molecule is CCCCCCCC(=O)NNC(=O)/C=C/c1ccccc1. The molecule has 0 saturated carbocycles. The van der Waals surface area contributed by atoms with Gasteiger partial charge in [-0.25, -0.2) is 0 Å². The molecular weight excluding hydrogens is 264 g/mol. The summed E-state index contributed by atoms with van der Waals surface area (Å²) in [7, 11) is 0. The highest BCUT2D eigenvalue weighted by atomic mass is 16.2. The van der Waals surface area contributed by atoms with Gasteiger partial charge >= 0.3 is 0 Å². The van der Waals surface area contributed by atoms with Gasteiger partial charge in [0.05, 0.1) is 0 Å². The molecule has 0 saturated heterocycles. The first-order chi connectivity index (χ1) is 10.2. The molecule has 0 aliphatic carbocycles. The molecule has 2 N–H and O–H groups in total. The normalized spacial score (nSPS) is 10.5. The molecule has 21 heavy (non-hydrogen) atoms. The first-order valence-electron chi connectivity index (χ1n) is 7.54. The Hall–Kier alpha value is -2.10. The van der Waals surface area contributed by atoms with Crippen molar-refractivity contribution in [3.63, 3.8) is 0 Å². The lowest BCUT2D eigenvalue weighted by molar-refractivity contribution is -0.126. The number of carbonyl (C=O) groups excluding carboxylic acids is 2. The molecule has 4 nitrogen and oxygen atoms in total. The molecule has 0 aromatic heterocycles. The highest BCUT2D eigenvalue weighted by Crippen LogP contribution is 2.04. The molecule has 1 aromatic rings. The van der Waals surface area contributed by atoms with Gasteiger partial charge in [-0.3, -0.25) is 20.4 Å². The number of hydrogen-bond donors (Lipinski definition) is 2. The topological polar surface area (TPSA) is 58.2 Å². The van der Waals surface area contributed by atoms with Gasteiger partial charge in [-0.1, -0.05) is 62.9 Å². The fourth-order valence-corrected chi connectivity index (χ4v) is 1.86. The van der Waals surface area contributed by atoms with Crippen molar-refractivity contribution in [1.82, 2.24) is 10.9 Å². The van der Waals surface area contributed by atoms with E-state index in [9.17, 15) is 9.59 Å². The standard InChI is InChI=1S/C17H24N2O2/c1-2-3-4-5-9-12-16(20)18-19-17(21)14-13-15-10-7-6-8-11-15/h6-8,10-11,13-14H,2-5,9,12H2,1H3,(H,18,20)(H,19,21)/b14-13+. The predicted molar refractivity (Wildman–Crippen MR) is 85.1 cm³/mol. The minimum absolute atomic E-state index is 0.145. The summed E-state index contributed by atoms with van der Waals surface area (Å²) in [4.78, 5) is 23.0. The van der Waals surface area contributed by atoms with Gasteiger partial charge in [0.15, 0.2) is 0 Å². The minimum atomic E-state index is -0.335. The summed E-state index contributed by atoms with van der Waals surface area (Å²) in [5, 5.41) is 0. The van der Waals surface area contributed by atoms with Crippen LogP contribution in [0.25, 0.3) is 6.08 Å². The van der Waals surface area contributed by atoms with Gasteiger partial charge in [-0.05, 0) is 18.1 Å². The van der Waals surface area contributed by atoms with Crippen LogP contribution in [-0.4, -0.2) is 11.8 Å². The number of carbonyl (C=O) groups is 2. The molecule has 2 amide bonds.